The average molecular weight is 791 g/mol. The molecule has 4 aromatic rings. The summed E-state index contributed by atoms with van der Waals surface area (Å²) in [5.74, 6) is -0.0539. The lowest BCUT2D eigenvalue weighted by Crippen LogP contribution is -2.25. The topological polar surface area (TPSA) is 58.2 Å². The lowest BCUT2D eigenvalue weighted by Gasteiger charge is -2.18. The van der Waals surface area contributed by atoms with Crippen molar-refractivity contribution in [1.82, 2.24) is 10.6 Å². The van der Waals surface area contributed by atoms with Gasteiger partial charge in [0.25, 0.3) is 11.8 Å². The summed E-state index contributed by atoms with van der Waals surface area (Å²) in [6.07, 6.45) is 37.0. The van der Waals surface area contributed by atoms with Crippen molar-refractivity contribution < 1.29 is 9.59 Å². The van der Waals surface area contributed by atoms with Gasteiger partial charge in [-0.15, -0.1) is 0 Å². The first kappa shape index (κ1) is 47.3. The SMILES string of the molecule is CCCCCCCCCCCCCCCCNC(=O)c1cc2cc(C(=O)NCCCCCCCCCCCCCCCC)c3cccc(C)c3c2c2c(C)cccc12. The van der Waals surface area contributed by atoms with Gasteiger partial charge in [0.2, 0.25) is 0 Å². The van der Waals surface area contributed by atoms with Crippen molar-refractivity contribution in [3.8, 4) is 0 Å². The Labute approximate surface area is 354 Å². The van der Waals surface area contributed by atoms with Crippen LogP contribution in [0.3, 0.4) is 0 Å². The molecule has 0 aromatic heterocycles. The minimum absolute atomic E-state index is 0.0270. The van der Waals surface area contributed by atoms with Gasteiger partial charge in [0.05, 0.1) is 0 Å². The van der Waals surface area contributed by atoms with Crippen LogP contribution in [0.4, 0.5) is 0 Å². The number of unbranched alkanes of at least 4 members (excludes halogenated alkanes) is 26. The third kappa shape index (κ3) is 15.6. The van der Waals surface area contributed by atoms with Crippen LogP contribution in [-0.4, -0.2) is 24.9 Å². The third-order valence-corrected chi connectivity index (χ3v) is 12.6. The highest BCUT2D eigenvalue weighted by molar-refractivity contribution is 6.28. The molecule has 0 bridgehead atoms. The number of benzene rings is 4. The zero-order valence-electron chi connectivity index (χ0n) is 37.6. The molecular weight excluding hydrogens is 709 g/mol. The molecule has 58 heavy (non-hydrogen) atoms. The van der Waals surface area contributed by atoms with Gasteiger partial charge in [-0.25, -0.2) is 0 Å². The molecule has 0 saturated carbocycles. The number of nitrogens with one attached hydrogen (secondary N) is 2. The third-order valence-electron chi connectivity index (χ3n) is 12.6. The van der Waals surface area contributed by atoms with E-state index in [-0.39, 0.29) is 11.8 Å². The number of hydrogen-bond acceptors (Lipinski definition) is 2. The van der Waals surface area contributed by atoms with E-state index in [1.165, 1.54) is 154 Å². The van der Waals surface area contributed by atoms with E-state index in [9.17, 15) is 9.59 Å². The van der Waals surface area contributed by atoms with Gasteiger partial charge >= 0.3 is 0 Å². The van der Waals surface area contributed by atoms with Gasteiger partial charge in [-0.2, -0.15) is 0 Å². The predicted molar refractivity (Wildman–Crippen MR) is 254 cm³/mol. The molecule has 0 aliphatic heterocycles. The quantitative estimate of drug-likeness (QED) is 0.0382. The Morgan fingerprint density at radius 3 is 1.00 bits per heavy atom. The van der Waals surface area contributed by atoms with Crippen LogP contribution in [0.25, 0.3) is 32.3 Å². The van der Waals surface area contributed by atoms with E-state index in [0.29, 0.717) is 24.2 Å². The predicted octanol–water partition coefficient (Wildman–Crippen LogP) is 16.2. The average Bonchev–Trinajstić information content (AvgIpc) is 3.22. The van der Waals surface area contributed by atoms with Gasteiger partial charge in [0.1, 0.15) is 0 Å². The van der Waals surface area contributed by atoms with Crippen LogP contribution >= 0.6 is 0 Å². The summed E-state index contributed by atoms with van der Waals surface area (Å²) in [7, 11) is 0. The molecule has 4 rings (SSSR count). The van der Waals surface area contributed by atoms with Crippen LogP contribution in [0.1, 0.15) is 225 Å². The van der Waals surface area contributed by atoms with E-state index < -0.39 is 0 Å². The molecule has 0 saturated heterocycles. The summed E-state index contributed by atoms with van der Waals surface area (Å²) < 4.78 is 0. The number of rotatable bonds is 32. The van der Waals surface area contributed by atoms with E-state index in [0.717, 1.165) is 69.1 Å². The summed E-state index contributed by atoms with van der Waals surface area (Å²) in [5.41, 5.74) is 3.67. The molecule has 0 unspecified atom stereocenters. The zero-order valence-corrected chi connectivity index (χ0v) is 37.6. The van der Waals surface area contributed by atoms with Crippen molar-refractivity contribution in [3.63, 3.8) is 0 Å². The zero-order chi connectivity index (χ0) is 41.2. The minimum Gasteiger partial charge on any atom is -0.352 e. The molecule has 4 aromatic carbocycles. The van der Waals surface area contributed by atoms with E-state index in [2.05, 4.69) is 74.7 Å². The minimum atomic E-state index is -0.0270. The Hall–Kier alpha value is -3.40. The smallest absolute Gasteiger partial charge is 0.251 e. The largest absolute Gasteiger partial charge is 0.352 e. The maximum atomic E-state index is 13.9. The van der Waals surface area contributed by atoms with Gasteiger partial charge in [-0.1, -0.05) is 217 Å². The number of carbonyl (C=O) groups is 2. The van der Waals surface area contributed by atoms with Gasteiger partial charge in [-0.05, 0) is 82.3 Å². The molecule has 0 atom stereocenters. The van der Waals surface area contributed by atoms with Gasteiger partial charge in [-0.3, -0.25) is 9.59 Å². The van der Waals surface area contributed by atoms with Crippen molar-refractivity contribution >= 4 is 44.1 Å². The molecule has 0 aliphatic rings. The molecule has 0 heterocycles. The van der Waals surface area contributed by atoms with Gasteiger partial charge < -0.3 is 10.6 Å². The van der Waals surface area contributed by atoms with Gasteiger partial charge in [0.15, 0.2) is 0 Å². The Kier molecular flexibility index (Phi) is 22.9. The van der Waals surface area contributed by atoms with Crippen molar-refractivity contribution in [1.29, 1.82) is 0 Å². The van der Waals surface area contributed by atoms with E-state index in [1.807, 2.05) is 12.1 Å². The van der Waals surface area contributed by atoms with Crippen LogP contribution in [0.15, 0.2) is 48.5 Å². The lowest BCUT2D eigenvalue weighted by molar-refractivity contribution is 0.0947. The van der Waals surface area contributed by atoms with Crippen molar-refractivity contribution in [2.45, 2.75) is 207 Å². The highest BCUT2D eigenvalue weighted by Crippen LogP contribution is 2.39. The molecule has 4 nitrogen and oxygen atoms in total. The molecular formula is C54H82N2O2. The highest BCUT2D eigenvalue weighted by Gasteiger charge is 2.20. The van der Waals surface area contributed by atoms with E-state index in [1.54, 1.807) is 0 Å². The van der Waals surface area contributed by atoms with Crippen LogP contribution < -0.4 is 10.6 Å². The maximum absolute atomic E-state index is 13.9. The van der Waals surface area contributed by atoms with E-state index in [4.69, 9.17) is 0 Å². The second kappa shape index (κ2) is 28.1. The molecule has 0 fully saturated rings. The summed E-state index contributed by atoms with van der Waals surface area (Å²) in [6.45, 7) is 10.2. The summed E-state index contributed by atoms with van der Waals surface area (Å²) in [6, 6.07) is 16.6. The molecule has 2 N–H and O–H groups in total. The highest BCUT2D eigenvalue weighted by atomic mass is 16.2. The Bertz CT molecular complexity index is 1660. The Balaban J connectivity index is 1.28. The standard InChI is InChI=1S/C54H82N2O2/c1-5-7-9-11-13-15-17-19-21-23-25-27-29-31-39-55-53(57)48-41-45-42-49(47-38-34-36-44(4)51(47)52(45)50-43(3)35-33-37-46(48)50)54(58)56-40-32-30-28-26-24-22-20-18-16-14-12-10-8-6-2/h33-38,41-42H,5-32,39-40H2,1-4H3,(H,55,57)(H,56,58). The molecule has 320 valence electrons. The number of fused-ring (bicyclic) bond motifs is 5. The fourth-order valence-corrected chi connectivity index (χ4v) is 9.12. The normalized spacial score (nSPS) is 11.6. The van der Waals surface area contributed by atoms with Crippen molar-refractivity contribution in [3.05, 3.63) is 70.8 Å². The Morgan fingerprint density at radius 1 is 0.397 bits per heavy atom. The second-order valence-corrected chi connectivity index (χ2v) is 17.6. The number of amides is 2. The lowest BCUT2D eigenvalue weighted by atomic mass is 9.87. The molecule has 0 aliphatic carbocycles. The fourth-order valence-electron chi connectivity index (χ4n) is 9.12. The molecule has 0 spiro atoms. The first-order chi connectivity index (χ1) is 28.5. The summed E-state index contributed by atoms with van der Waals surface area (Å²) in [4.78, 5) is 27.7. The number of hydrogen-bond donors (Lipinski definition) is 2. The van der Waals surface area contributed by atoms with E-state index >= 15 is 0 Å². The Morgan fingerprint density at radius 2 is 0.690 bits per heavy atom. The first-order valence-corrected chi connectivity index (χ1v) is 24.4. The van der Waals surface area contributed by atoms with Crippen LogP contribution in [-0.2, 0) is 0 Å². The second-order valence-electron chi connectivity index (χ2n) is 17.6. The number of aryl methyl sites for hydroxylation is 2. The molecule has 0 radical (unpaired) electrons. The van der Waals surface area contributed by atoms with Crippen LogP contribution in [0.5, 0.6) is 0 Å². The van der Waals surface area contributed by atoms with Gasteiger partial charge in [0, 0.05) is 24.2 Å². The maximum Gasteiger partial charge on any atom is 0.251 e. The number of carbonyl (C=O) groups excluding carboxylic acids is 2. The monoisotopic (exact) mass is 791 g/mol. The molecule has 2 amide bonds. The summed E-state index contributed by atoms with van der Waals surface area (Å²) >= 11 is 0. The summed E-state index contributed by atoms with van der Waals surface area (Å²) in [5, 5.41) is 12.8. The first-order valence-electron chi connectivity index (χ1n) is 24.4. The van der Waals surface area contributed by atoms with Crippen LogP contribution in [0.2, 0.25) is 0 Å². The van der Waals surface area contributed by atoms with Crippen LogP contribution in [0, 0.1) is 13.8 Å². The van der Waals surface area contributed by atoms with Crippen molar-refractivity contribution in [2.24, 2.45) is 0 Å². The van der Waals surface area contributed by atoms with Crippen molar-refractivity contribution in [2.75, 3.05) is 13.1 Å². The fraction of sp³-hybridized carbons (Fsp3) is 0.630. The molecule has 4 heteroatoms.